The fourth-order valence-corrected chi connectivity index (χ4v) is 3.73. The summed E-state index contributed by atoms with van der Waals surface area (Å²) in [6.07, 6.45) is -0.218. The molecule has 0 saturated heterocycles. The number of aromatic amines is 1. The molecule has 5 unspecified atom stereocenters. The van der Waals surface area contributed by atoms with Crippen molar-refractivity contribution >= 4 is 40.5 Å². The summed E-state index contributed by atoms with van der Waals surface area (Å²) in [5.74, 6) is -5.08. The van der Waals surface area contributed by atoms with E-state index in [1.165, 1.54) is 6.92 Å². The maximum Gasteiger partial charge on any atom is 0.326 e. The van der Waals surface area contributed by atoms with Gasteiger partial charge < -0.3 is 42.6 Å². The number of nitrogens with one attached hydrogen (secondary N) is 4. The Bertz CT molecular complexity index is 1150. The number of hydrogen-bond donors (Lipinski definition) is 8. The first kappa shape index (κ1) is 29.3. The molecule has 0 aliphatic carbocycles. The van der Waals surface area contributed by atoms with Crippen LogP contribution in [0.15, 0.2) is 30.5 Å². The number of aromatic nitrogens is 1. The van der Waals surface area contributed by atoms with E-state index >= 15 is 0 Å². The Balaban J connectivity index is 2.14. The average Bonchev–Trinajstić information content (AvgIpc) is 3.21. The molecule has 0 spiro atoms. The minimum absolute atomic E-state index is 0.0476. The average molecular weight is 519 g/mol. The van der Waals surface area contributed by atoms with Gasteiger partial charge in [-0.25, -0.2) is 4.79 Å². The lowest BCUT2D eigenvalue weighted by Gasteiger charge is -2.28. The van der Waals surface area contributed by atoms with Gasteiger partial charge in [-0.05, 0) is 24.5 Å². The standard InChI is InChI=1S/C24H34N6O7/c1-11(2)19(29-21(33)15(25)9-18(26)32)22(34)30-20(12(3)31)23(35)28-17(24(36)37)8-13-10-27-16-7-5-4-6-14(13)16/h4-7,10-12,15,17,19-20,27,31H,8-9,25H2,1-3H3,(H2,26,32)(H,28,35)(H,29,33)(H,30,34)(H,36,37). The maximum atomic E-state index is 13.0. The number of primary amides is 1. The number of aliphatic carboxylic acids is 1. The van der Waals surface area contributed by atoms with Crippen LogP contribution in [0.3, 0.4) is 0 Å². The highest BCUT2D eigenvalue weighted by molar-refractivity contribution is 5.95. The number of para-hydroxylation sites is 1. The van der Waals surface area contributed by atoms with Gasteiger partial charge in [-0.3, -0.25) is 19.2 Å². The molecule has 0 aliphatic heterocycles. The molecule has 0 aliphatic rings. The Labute approximate surface area is 213 Å². The second-order valence-electron chi connectivity index (χ2n) is 9.20. The third kappa shape index (κ3) is 8.02. The molecule has 0 radical (unpaired) electrons. The van der Waals surface area contributed by atoms with Crippen molar-refractivity contribution in [1.29, 1.82) is 0 Å². The maximum absolute atomic E-state index is 13.0. The highest BCUT2D eigenvalue weighted by Crippen LogP contribution is 2.19. The molecular weight excluding hydrogens is 484 g/mol. The number of nitrogens with two attached hydrogens (primary N) is 2. The summed E-state index contributed by atoms with van der Waals surface area (Å²) in [5, 5.41) is 27.8. The largest absolute Gasteiger partial charge is 0.480 e. The summed E-state index contributed by atoms with van der Waals surface area (Å²) in [5.41, 5.74) is 12.1. The lowest BCUT2D eigenvalue weighted by atomic mass is 10.0. The van der Waals surface area contributed by atoms with Crippen LogP contribution in [0.2, 0.25) is 0 Å². The van der Waals surface area contributed by atoms with Crippen LogP contribution in [-0.4, -0.2) is 75.1 Å². The van der Waals surface area contributed by atoms with Crippen LogP contribution in [0.25, 0.3) is 10.9 Å². The quantitative estimate of drug-likeness (QED) is 0.155. The first-order chi connectivity index (χ1) is 17.3. The molecule has 4 amide bonds. The van der Waals surface area contributed by atoms with Crippen molar-refractivity contribution < 1.29 is 34.2 Å². The third-order valence-corrected chi connectivity index (χ3v) is 5.78. The summed E-state index contributed by atoms with van der Waals surface area (Å²) in [4.78, 5) is 64.2. The smallest absolute Gasteiger partial charge is 0.326 e. The number of H-pyrrole nitrogens is 1. The molecule has 2 aromatic rings. The number of carboxylic acids is 1. The van der Waals surface area contributed by atoms with Gasteiger partial charge in [-0.2, -0.15) is 0 Å². The van der Waals surface area contributed by atoms with Crippen LogP contribution >= 0.6 is 0 Å². The second-order valence-corrected chi connectivity index (χ2v) is 9.20. The molecule has 1 aromatic heterocycles. The Morgan fingerprint density at radius 2 is 1.54 bits per heavy atom. The van der Waals surface area contributed by atoms with Gasteiger partial charge in [-0.1, -0.05) is 32.0 Å². The van der Waals surface area contributed by atoms with Gasteiger partial charge >= 0.3 is 5.97 Å². The van der Waals surface area contributed by atoms with Crippen molar-refractivity contribution in [1.82, 2.24) is 20.9 Å². The molecule has 13 heteroatoms. The van der Waals surface area contributed by atoms with Gasteiger partial charge in [-0.15, -0.1) is 0 Å². The zero-order chi connectivity index (χ0) is 27.9. The molecule has 0 saturated carbocycles. The van der Waals surface area contributed by atoms with Crippen LogP contribution in [0.5, 0.6) is 0 Å². The molecule has 0 fully saturated rings. The van der Waals surface area contributed by atoms with Gasteiger partial charge in [0, 0.05) is 23.5 Å². The van der Waals surface area contributed by atoms with E-state index in [0.717, 1.165) is 10.9 Å². The molecular formula is C24H34N6O7. The zero-order valence-corrected chi connectivity index (χ0v) is 20.9. The lowest BCUT2D eigenvalue weighted by molar-refractivity contribution is -0.143. The van der Waals surface area contributed by atoms with E-state index in [9.17, 15) is 34.2 Å². The van der Waals surface area contributed by atoms with Crippen LogP contribution in [0.4, 0.5) is 0 Å². The lowest BCUT2D eigenvalue weighted by Crippen LogP contribution is -2.61. The molecule has 2 rings (SSSR count). The van der Waals surface area contributed by atoms with E-state index in [1.807, 2.05) is 18.2 Å². The van der Waals surface area contributed by atoms with Gasteiger partial charge in [0.2, 0.25) is 23.6 Å². The number of hydrogen-bond acceptors (Lipinski definition) is 7. The Morgan fingerprint density at radius 3 is 2.11 bits per heavy atom. The molecule has 1 heterocycles. The highest BCUT2D eigenvalue weighted by Gasteiger charge is 2.34. The number of carboxylic acid groups (broad SMARTS) is 1. The second kappa shape index (κ2) is 12.8. The number of rotatable bonds is 13. The van der Waals surface area contributed by atoms with Crippen molar-refractivity contribution in [2.75, 3.05) is 0 Å². The molecule has 10 N–H and O–H groups in total. The fraction of sp³-hybridized carbons (Fsp3) is 0.458. The predicted octanol–water partition coefficient (Wildman–Crippen LogP) is -1.51. The van der Waals surface area contributed by atoms with Gasteiger partial charge in [0.1, 0.15) is 18.1 Å². The number of aliphatic hydroxyl groups excluding tert-OH is 1. The number of aliphatic hydroxyl groups is 1. The topological polar surface area (TPSA) is 230 Å². The first-order valence-corrected chi connectivity index (χ1v) is 11.7. The normalized spacial score (nSPS) is 15.3. The molecule has 0 bridgehead atoms. The molecule has 202 valence electrons. The summed E-state index contributed by atoms with van der Waals surface area (Å²) in [6, 6.07) is 1.97. The van der Waals surface area contributed by atoms with Crippen molar-refractivity contribution in [3.05, 3.63) is 36.0 Å². The Kier molecular flexibility index (Phi) is 10.1. The molecule has 13 nitrogen and oxygen atoms in total. The van der Waals surface area contributed by atoms with Gasteiger partial charge in [0.15, 0.2) is 0 Å². The molecule has 5 atom stereocenters. The summed E-state index contributed by atoms with van der Waals surface area (Å²) >= 11 is 0. The minimum atomic E-state index is -1.52. The minimum Gasteiger partial charge on any atom is -0.480 e. The summed E-state index contributed by atoms with van der Waals surface area (Å²) in [7, 11) is 0. The van der Waals surface area contributed by atoms with Crippen molar-refractivity contribution in [3.8, 4) is 0 Å². The molecule has 37 heavy (non-hydrogen) atoms. The predicted molar refractivity (Wildman–Crippen MR) is 134 cm³/mol. The van der Waals surface area contributed by atoms with E-state index in [-0.39, 0.29) is 6.42 Å². The monoisotopic (exact) mass is 518 g/mol. The number of carbonyl (C=O) groups excluding carboxylic acids is 4. The van der Waals surface area contributed by atoms with Crippen LogP contribution in [-0.2, 0) is 30.4 Å². The zero-order valence-electron chi connectivity index (χ0n) is 20.9. The Hall–Kier alpha value is -3.97. The number of fused-ring (bicyclic) bond motifs is 1. The van der Waals surface area contributed by atoms with E-state index in [2.05, 4.69) is 20.9 Å². The number of benzene rings is 1. The Morgan fingerprint density at radius 1 is 0.946 bits per heavy atom. The third-order valence-electron chi connectivity index (χ3n) is 5.78. The summed E-state index contributed by atoms with van der Waals surface area (Å²) < 4.78 is 0. The van der Waals surface area contributed by atoms with Crippen LogP contribution in [0.1, 0.15) is 32.8 Å². The van der Waals surface area contributed by atoms with Crippen LogP contribution < -0.4 is 27.4 Å². The van der Waals surface area contributed by atoms with E-state index in [1.54, 1.807) is 26.1 Å². The molecule has 1 aromatic carbocycles. The fourth-order valence-electron chi connectivity index (χ4n) is 3.73. The van der Waals surface area contributed by atoms with Crippen LogP contribution in [0, 0.1) is 5.92 Å². The van der Waals surface area contributed by atoms with Crippen molar-refractivity contribution in [3.63, 3.8) is 0 Å². The van der Waals surface area contributed by atoms with Gasteiger partial charge in [0.25, 0.3) is 0 Å². The summed E-state index contributed by atoms with van der Waals surface area (Å²) in [6.45, 7) is 4.51. The number of carbonyl (C=O) groups is 5. The number of amides is 4. The SMILES string of the molecule is CC(C)C(NC(=O)C(N)CC(N)=O)C(=O)NC(C(=O)NC(Cc1c[nH]c2ccccc12)C(=O)O)C(C)O. The van der Waals surface area contributed by atoms with Gasteiger partial charge in [0.05, 0.1) is 18.6 Å². The highest BCUT2D eigenvalue weighted by atomic mass is 16.4. The van der Waals surface area contributed by atoms with E-state index < -0.39 is 72.2 Å². The van der Waals surface area contributed by atoms with Crippen molar-refractivity contribution in [2.24, 2.45) is 17.4 Å². The first-order valence-electron chi connectivity index (χ1n) is 11.7. The van der Waals surface area contributed by atoms with E-state index in [0.29, 0.717) is 5.56 Å². The van der Waals surface area contributed by atoms with E-state index in [4.69, 9.17) is 11.5 Å². The van der Waals surface area contributed by atoms with Crippen molar-refractivity contribution in [2.45, 2.75) is 63.9 Å².